The van der Waals surface area contributed by atoms with Crippen molar-refractivity contribution in [2.45, 2.75) is 53.1 Å². The normalized spacial score (nSPS) is 11.7. The first-order chi connectivity index (χ1) is 9.81. The Morgan fingerprint density at radius 2 is 1.71 bits per heavy atom. The van der Waals surface area contributed by atoms with Gasteiger partial charge in [0.1, 0.15) is 0 Å². The fourth-order valence-corrected chi connectivity index (χ4v) is 1.60. The summed E-state index contributed by atoms with van der Waals surface area (Å²) in [6.07, 6.45) is 2.58. The minimum absolute atomic E-state index is 0.260. The van der Waals surface area contributed by atoms with Crippen LogP contribution in [-0.4, -0.2) is 18.2 Å². The molecule has 4 heteroatoms. The van der Waals surface area contributed by atoms with E-state index in [1.807, 2.05) is 32.9 Å². The maximum Gasteiger partial charge on any atom is 0.373 e. The van der Waals surface area contributed by atoms with E-state index in [1.54, 1.807) is 19.1 Å². The Morgan fingerprint density at radius 1 is 1.10 bits per heavy atom. The Labute approximate surface area is 127 Å². The summed E-state index contributed by atoms with van der Waals surface area (Å²) in [5, 5.41) is 0. The van der Waals surface area contributed by atoms with Crippen LogP contribution in [0, 0.1) is 6.10 Å². The van der Waals surface area contributed by atoms with Gasteiger partial charge in [-0.15, -0.1) is 0 Å². The molecule has 0 saturated heterocycles. The van der Waals surface area contributed by atoms with Crippen molar-refractivity contribution in [1.82, 2.24) is 0 Å². The quantitative estimate of drug-likeness (QED) is 0.561. The van der Waals surface area contributed by atoms with Gasteiger partial charge in [-0.1, -0.05) is 25.5 Å². The SMILES string of the molecule is CCCc1ccc(C(=O)OO[C](C)COC(C)(C)C)cc1. The van der Waals surface area contributed by atoms with Gasteiger partial charge >= 0.3 is 5.97 Å². The van der Waals surface area contributed by atoms with Gasteiger partial charge in [0, 0.05) is 0 Å². The van der Waals surface area contributed by atoms with Gasteiger partial charge < -0.3 is 4.74 Å². The molecule has 0 unspecified atom stereocenters. The van der Waals surface area contributed by atoms with Gasteiger partial charge in [-0.2, -0.15) is 4.89 Å². The summed E-state index contributed by atoms with van der Waals surface area (Å²) in [5.41, 5.74) is 1.42. The summed E-state index contributed by atoms with van der Waals surface area (Å²) in [4.78, 5) is 21.6. The fraction of sp³-hybridized carbons (Fsp3) is 0.529. The van der Waals surface area contributed by atoms with E-state index >= 15 is 0 Å². The molecule has 4 nitrogen and oxygen atoms in total. The van der Waals surface area contributed by atoms with Crippen molar-refractivity contribution >= 4 is 5.97 Å². The Hall–Kier alpha value is -1.39. The molecule has 0 aromatic heterocycles. The van der Waals surface area contributed by atoms with E-state index in [-0.39, 0.29) is 12.2 Å². The largest absolute Gasteiger partial charge is 0.373 e. The zero-order valence-electron chi connectivity index (χ0n) is 13.6. The third-order valence-electron chi connectivity index (χ3n) is 2.70. The van der Waals surface area contributed by atoms with Crippen molar-refractivity contribution in [3.05, 3.63) is 41.5 Å². The zero-order chi connectivity index (χ0) is 15.9. The molecule has 0 aliphatic heterocycles. The maximum atomic E-state index is 11.8. The first-order valence-corrected chi connectivity index (χ1v) is 7.26. The molecule has 0 amide bonds. The van der Waals surface area contributed by atoms with E-state index in [0.29, 0.717) is 11.7 Å². The van der Waals surface area contributed by atoms with Gasteiger partial charge in [-0.25, -0.2) is 4.79 Å². The molecule has 0 saturated carbocycles. The fourth-order valence-electron chi connectivity index (χ4n) is 1.60. The number of aryl methyl sites for hydroxylation is 1. The summed E-state index contributed by atoms with van der Waals surface area (Å²) in [5.74, 6) is -0.506. The predicted octanol–water partition coefficient (Wildman–Crippen LogP) is 4.09. The molecule has 0 heterocycles. The van der Waals surface area contributed by atoms with Crippen LogP contribution >= 0.6 is 0 Å². The molecule has 0 spiro atoms. The Kier molecular flexibility index (Phi) is 6.85. The van der Waals surface area contributed by atoms with Crippen molar-refractivity contribution in [3.8, 4) is 0 Å². The highest BCUT2D eigenvalue weighted by molar-refractivity contribution is 5.88. The Bertz CT molecular complexity index is 431. The molecule has 117 valence electrons. The lowest BCUT2D eigenvalue weighted by Gasteiger charge is -2.21. The van der Waals surface area contributed by atoms with Crippen LogP contribution in [-0.2, 0) is 20.9 Å². The van der Waals surface area contributed by atoms with Crippen molar-refractivity contribution < 1.29 is 19.3 Å². The molecule has 0 bridgehead atoms. The molecular weight excluding hydrogens is 268 g/mol. The third-order valence-corrected chi connectivity index (χ3v) is 2.70. The average Bonchev–Trinajstić information content (AvgIpc) is 2.43. The van der Waals surface area contributed by atoms with E-state index in [9.17, 15) is 4.79 Å². The molecule has 21 heavy (non-hydrogen) atoms. The van der Waals surface area contributed by atoms with Crippen LogP contribution in [0.1, 0.15) is 57.0 Å². The van der Waals surface area contributed by atoms with Gasteiger partial charge in [-0.05, 0) is 51.8 Å². The molecule has 1 rings (SSSR count). The van der Waals surface area contributed by atoms with Gasteiger partial charge in [0.2, 0.25) is 0 Å². The Morgan fingerprint density at radius 3 is 2.24 bits per heavy atom. The molecule has 0 aliphatic carbocycles. The van der Waals surface area contributed by atoms with E-state index < -0.39 is 5.97 Å². The van der Waals surface area contributed by atoms with Crippen LogP contribution in [0.2, 0.25) is 0 Å². The Balaban J connectivity index is 2.39. The number of carbonyl (C=O) groups excluding carboxylic acids is 1. The van der Waals surface area contributed by atoms with Gasteiger partial charge in [-0.3, -0.25) is 4.89 Å². The number of benzene rings is 1. The summed E-state index contributed by atoms with van der Waals surface area (Å²) in [6, 6.07) is 7.36. The summed E-state index contributed by atoms with van der Waals surface area (Å²) in [7, 11) is 0. The topological polar surface area (TPSA) is 44.8 Å². The van der Waals surface area contributed by atoms with Crippen molar-refractivity contribution in [3.63, 3.8) is 0 Å². The second-order valence-electron chi connectivity index (χ2n) is 6.00. The number of rotatable bonds is 7. The molecule has 0 fully saturated rings. The van der Waals surface area contributed by atoms with Gasteiger partial charge in [0.15, 0.2) is 6.10 Å². The van der Waals surface area contributed by atoms with Crippen LogP contribution in [0.15, 0.2) is 24.3 Å². The molecule has 1 aromatic carbocycles. The molecule has 1 aromatic rings. The van der Waals surface area contributed by atoms with Crippen molar-refractivity contribution in [2.75, 3.05) is 6.61 Å². The molecule has 0 N–H and O–H groups in total. The van der Waals surface area contributed by atoms with E-state index in [0.717, 1.165) is 12.8 Å². The second kappa shape index (κ2) is 8.15. The molecule has 0 aliphatic rings. The standard InChI is InChI=1S/C17H25O4/c1-6-7-14-8-10-15(11-9-14)16(18)21-20-13(2)12-19-17(3,4)5/h8-11H,6-7,12H2,1-5H3. The first-order valence-electron chi connectivity index (χ1n) is 7.26. The van der Waals surface area contributed by atoms with E-state index in [4.69, 9.17) is 14.5 Å². The lowest BCUT2D eigenvalue weighted by atomic mass is 10.1. The monoisotopic (exact) mass is 293 g/mol. The summed E-state index contributed by atoms with van der Waals surface area (Å²) in [6.45, 7) is 9.96. The highest BCUT2D eigenvalue weighted by Crippen LogP contribution is 2.13. The number of hydrogen-bond acceptors (Lipinski definition) is 4. The van der Waals surface area contributed by atoms with Crippen LogP contribution in [0.4, 0.5) is 0 Å². The molecular formula is C17H25O4. The van der Waals surface area contributed by atoms with Crippen LogP contribution in [0.25, 0.3) is 0 Å². The predicted molar refractivity (Wildman–Crippen MR) is 81.6 cm³/mol. The van der Waals surface area contributed by atoms with Crippen LogP contribution in [0.5, 0.6) is 0 Å². The van der Waals surface area contributed by atoms with E-state index in [1.165, 1.54) is 5.56 Å². The lowest BCUT2D eigenvalue weighted by Crippen LogP contribution is -2.23. The zero-order valence-corrected chi connectivity index (χ0v) is 13.6. The third kappa shape index (κ3) is 7.25. The summed E-state index contributed by atoms with van der Waals surface area (Å²) >= 11 is 0. The van der Waals surface area contributed by atoms with Crippen molar-refractivity contribution in [2.24, 2.45) is 0 Å². The number of hydrogen-bond donors (Lipinski definition) is 0. The highest BCUT2D eigenvalue weighted by atomic mass is 17.2. The lowest BCUT2D eigenvalue weighted by molar-refractivity contribution is -0.242. The van der Waals surface area contributed by atoms with Crippen molar-refractivity contribution in [1.29, 1.82) is 0 Å². The first kappa shape index (κ1) is 17.7. The smallest absolute Gasteiger partial charge is 0.373 e. The molecule has 0 atom stereocenters. The van der Waals surface area contributed by atoms with Crippen LogP contribution < -0.4 is 0 Å². The number of carbonyl (C=O) groups is 1. The minimum atomic E-state index is -0.506. The van der Waals surface area contributed by atoms with Gasteiger partial charge in [0.05, 0.1) is 17.8 Å². The van der Waals surface area contributed by atoms with E-state index in [2.05, 4.69) is 6.92 Å². The van der Waals surface area contributed by atoms with Gasteiger partial charge in [0.25, 0.3) is 0 Å². The summed E-state index contributed by atoms with van der Waals surface area (Å²) < 4.78 is 5.52. The molecule has 1 radical (unpaired) electrons. The second-order valence-corrected chi connectivity index (χ2v) is 6.00. The minimum Gasteiger partial charge on any atom is -0.373 e. The number of ether oxygens (including phenoxy) is 1. The highest BCUT2D eigenvalue weighted by Gasteiger charge is 2.16. The average molecular weight is 293 g/mol. The maximum absolute atomic E-state index is 11.8. The van der Waals surface area contributed by atoms with Crippen LogP contribution in [0.3, 0.4) is 0 Å².